The van der Waals surface area contributed by atoms with Crippen LogP contribution in [0.4, 0.5) is 0 Å². The van der Waals surface area contributed by atoms with Gasteiger partial charge in [-0.2, -0.15) is 0 Å². The fraction of sp³-hybridized carbons (Fsp3) is 0.125. The first-order valence-electron chi connectivity index (χ1n) is 6.26. The van der Waals surface area contributed by atoms with Crippen LogP contribution in [0.5, 0.6) is 0 Å². The minimum absolute atomic E-state index is 0.158. The quantitative estimate of drug-likeness (QED) is 0.759. The van der Waals surface area contributed by atoms with Crippen molar-refractivity contribution in [3.05, 3.63) is 71.8 Å². The van der Waals surface area contributed by atoms with Crippen molar-refractivity contribution in [3.63, 3.8) is 0 Å². The van der Waals surface area contributed by atoms with Crippen LogP contribution >= 0.6 is 0 Å². The number of hydrogen-bond donors (Lipinski definition) is 1. The first-order valence-corrected chi connectivity index (χ1v) is 6.26. The molecule has 0 saturated heterocycles. The van der Waals surface area contributed by atoms with Crippen molar-refractivity contribution in [1.29, 1.82) is 0 Å². The Hall–Kier alpha value is -2.26. The Balaban J connectivity index is 2.14. The fourth-order valence-corrected chi connectivity index (χ4v) is 2.35. The number of nitrogens with two attached hydrogens (primary N) is 1. The van der Waals surface area contributed by atoms with Crippen molar-refractivity contribution in [2.24, 2.45) is 5.73 Å². The van der Waals surface area contributed by atoms with E-state index in [1.165, 1.54) is 0 Å². The topological polar surface area (TPSA) is 51.8 Å². The van der Waals surface area contributed by atoms with E-state index in [0.717, 1.165) is 27.6 Å². The highest BCUT2D eigenvalue weighted by atomic mass is 14.7. The lowest BCUT2D eigenvalue weighted by Crippen LogP contribution is -2.12. The highest BCUT2D eigenvalue weighted by Crippen LogP contribution is 2.26. The van der Waals surface area contributed by atoms with E-state index in [4.69, 9.17) is 5.73 Å². The second-order valence-electron chi connectivity index (χ2n) is 4.65. The molecule has 2 N–H and O–H groups in total. The standard InChI is InChI=1S/C16H15N3/c1-11-9-13(6-8-19-11)16(17)14-4-2-3-12-5-7-18-10-15(12)14/h2-10,16H,17H2,1H3. The number of benzene rings is 1. The van der Waals surface area contributed by atoms with Crippen LogP contribution in [-0.2, 0) is 0 Å². The predicted octanol–water partition coefficient (Wildman–Crippen LogP) is 2.99. The number of aryl methyl sites for hydroxylation is 1. The van der Waals surface area contributed by atoms with Gasteiger partial charge in [-0.05, 0) is 41.6 Å². The van der Waals surface area contributed by atoms with Gasteiger partial charge in [-0.1, -0.05) is 18.2 Å². The zero-order valence-electron chi connectivity index (χ0n) is 10.7. The van der Waals surface area contributed by atoms with Gasteiger partial charge in [-0.3, -0.25) is 9.97 Å². The van der Waals surface area contributed by atoms with Crippen LogP contribution in [0.1, 0.15) is 22.9 Å². The number of pyridine rings is 2. The van der Waals surface area contributed by atoms with E-state index in [2.05, 4.69) is 22.1 Å². The van der Waals surface area contributed by atoms with E-state index in [1.54, 1.807) is 12.4 Å². The van der Waals surface area contributed by atoms with E-state index in [0.29, 0.717) is 0 Å². The number of fused-ring (bicyclic) bond motifs is 1. The summed E-state index contributed by atoms with van der Waals surface area (Å²) < 4.78 is 0. The smallest absolute Gasteiger partial charge is 0.0559 e. The van der Waals surface area contributed by atoms with Crippen molar-refractivity contribution in [2.45, 2.75) is 13.0 Å². The largest absolute Gasteiger partial charge is 0.320 e. The summed E-state index contributed by atoms with van der Waals surface area (Å²) in [4.78, 5) is 8.41. The third-order valence-electron chi connectivity index (χ3n) is 3.33. The van der Waals surface area contributed by atoms with Gasteiger partial charge in [0.05, 0.1) is 6.04 Å². The van der Waals surface area contributed by atoms with Crippen LogP contribution in [0.25, 0.3) is 10.8 Å². The number of hydrogen-bond acceptors (Lipinski definition) is 3. The molecule has 0 radical (unpaired) electrons. The van der Waals surface area contributed by atoms with Crippen LogP contribution < -0.4 is 5.73 Å². The maximum absolute atomic E-state index is 6.40. The van der Waals surface area contributed by atoms with Crippen molar-refractivity contribution >= 4 is 10.8 Å². The summed E-state index contributed by atoms with van der Waals surface area (Å²) in [5, 5.41) is 2.26. The lowest BCUT2D eigenvalue weighted by atomic mass is 9.95. The summed E-state index contributed by atoms with van der Waals surface area (Å²) in [5.41, 5.74) is 9.54. The summed E-state index contributed by atoms with van der Waals surface area (Å²) in [5.74, 6) is 0. The van der Waals surface area contributed by atoms with Gasteiger partial charge < -0.3 is 5.73 Å². The van der Waals surface area contributed by atoms with Crippen LogP contribution in [0, 0.1) is 6.92 Å². The highest BCUT2D eigenvalue weighted by molar-refractivity contribution is 5.85. The summed E-state index contributed by atoms with van der Waals surface area (Å²) in [6, 6.07) is 12.0. The molecular formula is C16H15N3. The van der Waals surface area contributed by atoms with Gasteiger partial charge in [0.25, 0.3) is 0 Å². The number of rotatable bonds is 2. The minimum Gasteiger partial charge on any atom is -0.320 e. The highest BCUT2D eigenvalue weighted by Gasteiger charge is 2.12. The van der Waals surface area contributed by atoms with Crippen molar-refractivity contribution < 1.29 is 0 Å². The molecule has 3 rings (SSSR count). The zero-order chi connectivity index (χ0) is 13.2. The van der Waals surface area contributed by atoms with Gasteiger partial charge in [0.15, 0.2) is 0 Å². The Kier molecular flexibility index (Phi) is 2.97. The molecule has 1 unspecified atom stereocenters. The SMILES string of the molecule is Cc1cc(C(N)c2cccc3ccncc23)ccn1. The molecule has 0 saturated carbocycles. The third kappa shape index (κ3) is 2.20. The van der Waals surface area contributed by atoms with E-state index < -0.39 is 0 Å². The van der Waals surface area contributed by atoms with Gasteiger partial charge in [0.2, 0.25) is 0 Å². The maximum atomic E-state index is 6.40. The molecule has 0 spiro atoms. The van der Waals surface area contributed by atoms with Gasteiger partial charge >= 0.3 is 0 Å². The Morgan fingerprint density at radius 2 is 2.00 bits per heavy atom. The molecule has 1 aromatic carbocycles. The molecule has 0 aliphatic heterocycles. The normalized spacial score (nSPS) is 12.5. The fourth-order valence-electron chi connectivity index (χ4n) is 2.35. The summed E-state index contributed by atoms with van der Waals surface area (Å²) in [6.45, 7) is 1.97. The molecule has 3 aromatic rings. The van der Waals surface area contributed by atoms with Crippen molar-refractivity contribution in [3.8, 4) is 0 Å². The number of nitrogens with zero attached hydrogens (tertiary/aromatic N) is 2. The Bertz CT molecular complexity index is 717. The number of aromatic nitrogens is 2. The molecule has 0 aliphatic rings. The summed E-state index contributed by atoms with van der Waals surface area (Å²) >= 11 is 0. The van der Waals surface area contributed by atoms with Crippen molar-refractivity contribution in [1.82, 2.24) is 9.97 Å². The second-order valence-corrected chi connectivity index (χ2v) is 4.65. The van der Waals surface area contributed by atoms with Crippen LogP contribution in [0.3, 0.4) is 0 Å². The predicted molar refractivity (Wildman–Crippen MR) is 76.7 cm³/mol. The van der Waals surface area contributed by atoms with E-state index >= 15 is 0 Å². The molecule has 19 heavy (non-hydrogen) atoms. The lowest BCUT2D eigenvalue weighted by molar-refractivity contribution is 0.872. The molecule has 0 bridgehead atoms. The van der Waals surface area contributed by atoms with Gasteiger partial charge in [0, 0.05) is 29.7 Å². The molecule has 2 heterocycles. The van der Waals surface area contributed by atoms with Gasteiger partial charge in [-0.25, -0.2) is 0 Å². The molecule has 1 atom stereocenters. The van der Waals surface area contributed by atoms with Crippen LogP contribution in [0.15, 0.2) is 55.0 Å². The molecule has 0 fully saturated rings. The average molecular weight is 249 g/mol. The Morgan fingerprint density at radius 3 is 2.84 bits per heavy atom. The lowest BCUT2D eigenvalue weighted by Gasteiger charge is -2.15. The first-order chi connectivity index (χ1) is 9.25. The minimum atomic E-state index is -0.158. The van der Waals surface area contributed by atoms with Crippen LogP contribution in [-0.4, -0.2) is 9.97 Å². The maximum Gasteiger partial charge on any atom is 0.0559 e. The summed E-state index contributed by atoms with van der Waals surface area (Å²) in [6.07, 6.45) is 5.47. The third-order valence-corrected chi connectivity index (χ3v) is 3.33. The molecule has 0 amide bonds. The molecule has 3 nitrogen and oxygen atoms in total. The van der Waals surface area contributed by atoms with E-state index in [1.807, 2.05) is 37.4 Å². The second kappa shape index (κ2) is 4.78. The molecular weight excluding hydrogens is 234 g/mol. The Morgan fingerprint density at radius 1 is 1.11 bits per heavy atom. The summed E-state index contributed by atoms with van der Waals surface area (Å²) in [7, 11) is 0. The zero-order valence-corrected chi connectivity index (χ0v) is 10.7. The van der Waals surface area contributed by atoms with E-state index in [9.17, 15) is 0 Å². The Labute approximate surface area is 112 Å². The van der Waals surface area contributed by atoms with E-state index in [-0.39, 0.29) is 6.04 Å². The average Bonchev–Trinajstić information content (AvgIpc) is 2.46. The molecule has 2 aromatic heterocycles. The molecule has 0 aliphatic carbocycles. The van der Waals surface area contributed by atoms with Gasteiger partial charge in [-0.15, -0.1) is 0 Å². The monoisotopic (exact) mass is 249 g/mol. The van der Waals surface area contributed by atoms with Crippen molar-refractivity contribution in [2.75, 3.05) is 0 Å². The first kappa shape index (κ1) is 11.8. The van der Waals surface area contributed by atoms with Crippen LogP contribution in [0.2, 0.25) is 0 Å². The van der Waals surface area contributed by atoms with Gasteiger partial charge in [0.1, 0.15) is 0 Å². The molecule has 94 valence electrons. The molecule has 3 heteroatoms.